The zero-order chi connectivity index (χ0) is 23.4. The molecule has 7 nitrogen and oxygen atoms in total. The van der Waals surface area contributed by atoms with Crippen molar-refractivity contribution in [2.75, 3.05) is 18.2 Å². The fourth-order valence-corrected chi connectivity index (χ4v) is 4.01. The summed E-state index contributed by atoms with van der Waals surface area (Å²) in [4.78, 5) is 13.3. The molecule has 0 aliphatic carbocycles. The summed E-state index contributed by atoms with van der Waals surface area (Å²) in [6.07, 6.45) is 1.16. The van der Waals surface area contributed by atoms with Crippen molar-refractivity contribution < 1.29 is 17.9 Å². The molecule has 1 aromatic heterocycles. The van der Waals surface area contributed by atoms with Gasteiger partial charge in [-0.3, -0.25) is 4.79 Å². The van der Waals surface area contributed by atoms with E-state index in [1.807, 2.05) is 49.4 Å². The number of hydrogen-bond acceptors (Lipinski definition) is 5. The molecule has 33 heavy (non-hydrogen) atoms. The van der Waals surface area contributed by atoms with Crippen molar-refractivity contribution in [2.45, 2.75) is 11.8 Å². The average Bonchev–Trinajstić information content (AvgIpc) is 3.26. The highest BCUT2D eigenvalue weighted by atomic mass is 32.2. The predicted octanol–water partition coefficient (Wildman–Crippen LogP) is 4.59. The fraction of sp³-hybridized carbons (Fsp3) is 0.120. The average molecular weight is 462 g/mol. The van der Waals surface area contributed by atoms with Crippen LogP contribution in [0.2, 0.25) is 0 Å². The third kappa shape index (κ3) is 4.96. The Hall–Kier alpha value is -3.91. The Morgan fingerprint density at radius 2 is 1.64 bits per heavy atom. The van der Waals surface area contributed by atoms with Gasteiger partial charge < -0.3 is 10.1 Å². The second-order valence-corrected chi connectivity index (χ2v) is 9.36. The molecule has 8 heteroatoms. The lowest BCUT2D eigenvalue weighted by molar-refractivity contribution is 0.102. The van der Waals surface area contributed by atoms with Crippen LogP contribution < -0.4 is 10.1 Å². The SMILES string of the molecule is CCOc1ccccc1NC(=O)c1cc(-c2ccccc2)n(-c2ccc(S(C)(=O)=O)cc2)n1. The molecule has 0 atom stereocenters. The maximum atomic E-state index is 13.1. The minimum atomic E-state index is -3.32. The summed E-state index contributed by atoms with van der Waals surface area (Å²) in [7, 11) is -3.32. The van der Waals surface area contributed by atoms with Crippen LogP contribution in [0.4, 0.5) is 5.69 Å². The largest absolute Gasteiger partial charge is 0.492 e. The summed E-state index contributed by atoms with van der Waals surface area (Å²) >= 11 is 0. The highest BCUT2D eigenvalue weighted by molar-refractivity contribution is 7.90. The number of nitrogens with zero attached hydrogens (tertiary/aromatic N) is 2. The van der Waals surface area contributed by atoms with Gasteiger partial charge in [-0.25, -0.2) is 13.1 Å². The Kier molecular flexibility index (Phi) is 6.28. The zero-order valence-electron chi connectivity index (χ0n) is 18.2. The minimum absolute atomic E-state index is 0.213. The molecule has 0 fully saturated rings. The molecule has 1 N–H and O–H groups in total. The van der Waals surface area contributed by atoms with Crippen LogP contribution in [-0.2, 0) is 9.84 Å². The van der Waals surface area contributed by atoms with E-state index in [0.29, 0.717) is 29.4 Å². The number of anilines is 1. The summed E-state index contributed by atoms with van der Waals surface area (Å²) in [6, 6.07) is 24.9. The van der Waals surface area contributed by atoms with Gasteiger partial charge in [0.25, 0.3) is 5.91 Å². The molecule has 0 saturated heterocycles. The zero-order valence-corrected chi connectivity index (χ0v) is 19.0. The van der Waals surface area contributed by atoms with Crippen molar-refractivity contribution in [2.24, 2.45) is 0 Å². The van der Waals surface area contributed by atoms with E-state index in [4.69, 9.17) is 4.74 Å². The summed E-state index contributed by atoms with van der Waals surface area (Å²) < 4.78 is 30.9. The van der Waals surface area contributed by atoms with E-state index in [-0.39, 0.29) is 16.5 Å². The molecule has 0 spiro atoms. The van der Waals surface area contributed by atoms with Crippen LogP contribution >= 0.6 is 0 Å². The van der Waals surface area contributed by atoms with Crippen LogP contribution in [0, 0.1) is 0 Å². The summed E-state index contributed by atoms with van der Waals surface area (Å²) in [5, 5.41) is 7.40. The number of nitrogens with one attached hydrogen (secondary N) is 1. The number of aromatic nitrogens is 2. The van der Waals surface area contributed by atoms with Gasteiger partial charge in [0.1, 0.15) is 5.75 Å². The summed E-state index contributed by atoms with van der Waals surface area (Å²) in [5.74, 6) is 0.193. The third-order valence-electron chi connectivity index (χ3n) is 4.96. The molecule has 1 amide bonds. The molecule has 0 radical (unpaired) electrons. The molecule has 0 saturated carbocycles. The highest BCUT2D eigenvalue weighted by Gasteiger charge is 2.18. The fourth-order valence-electron chi connectivity index (χ4n) is 3.38. The summed E-state index contributed by atoms with van der Waals surface area (Å²) in [6.45, 7) is 2.35. The second-order valence-electron chi connectivity index (χ2n) is 7.34. The van der Waals surface area contributed by atoms with E-state index in [0.717, 1.165) is 11.8 Å². The van der Waals surface area contributed by atoms with Crippen molar-refractivity contribution in [1.82, 2.24) is 9.78 Å². The first-order valence-corrected chi connectivity index (χ1v) is 12.2. The molecule has 0 aliphatic rings. The number of para-hydroxylation sites is 2. The number of rotatable bonds is 7. The Balaban J connectivity index is 1.74. The number of hydrogen-bond donors (Lipinski definition) is 1. The number of benzene rings is 3. The lowest BCUT2D eigenvalue weighted by Gasteiger charge is -2.10. The van der Waals surface area contributed by atoms with Gasteiger partial charge >= 0.3 is 0 Å². The normalized spacial score (nSPS) is 11.2. The Labute approximate surface area is 192 Å². The van der Waals surface area contributed by atoms with E-state index in [2.05, 4.69) is 10.4 Å². The Morgan fingerprint density at radius 1 is 0.970 bits per heavy atom. The van der Waals surface area contributed by atoms with Crippen molar-refractivity contribution in [3.63, 3.8) is 0 Å². The van der Waals surface area contributed by atoms with Gasteiger partial charge in [0, 0.05) is 11.8 Å². The van der Waals surface area contributed by atoms with Gasteiger partial charge in [0.15, 0.2) is 15.5 Å². The lowest BCUT2D eigenvalue weighted by Crippen LogP contribution is -2.14. The highest BCUT2D eigenvalue weighted by Crippen LogP contribution is 2.27. The van der Waals surface area contributed by atoms with E-state index in [1.54, 1.807) is 35.0 Å². The third-order valence-corrected chi connectivity index (χ3v) is 6.08. The maximum Gasteiger partial charge on any atom is 0.276 e. The standard InChI is InChI=1S/C25H23N3O4S/c1-3-32-24-12-8-7-11-21(24)26-25(29)22-17-23(18-9-5-4-6-10-18)28(27-22)19-13-15-20(16-14-19)33(2,30)31/h4-17H,3H2,1-2H3,(H,26,29). The van der Waals surface area contributed by atoms with Gasteiger partial charge in [-0.2, -0.15) is 5.10 Å². The number of carbonyl (C=O) groups excluding carboxylic acids is 1. The van der Waals surface area contributed by atoms with Crippen LogP contribution in [-0.4, -0.2) is 37.0 Å². The Morgan fingerprint density at radius 3 is 2.30 bits per heavy atom. The number of ether oxygens (including phenoxy) is 1. The van der Waals surface area contributed by atoms with Crippen LogP contribution in [0.15, 0.2) is 89.8 Å². The van der Waals surface area contributed by atoms with Gasteiger partial charge in [-0.15, -0.1) is 0 Å². The molecule has 168 valence electrons. The van der Waals surface area contributed by atoms with Gasteiger partial charge in [0.2, 0.25) is 0 Å². The number of carbonyl (C=O) groups is 1. The van der Waals surface area contributed by atoms with E-state index in [1.165, 1.54) is 12.1 Å². The monoisotopic (exact) mass is 461 g/mol. The first-order chi connectivity index (χ1) is 15.9. The lowest BCUT2D eigenvalue weighted by atomic mass is 10.1. The van der Waals surface area contributed by atoms with Crippen LogP contribution in [0.3, 0.4) is 0 Å². The topological polar surface area (TPSA) is 90.3 Å². The quantitative estimate of drug-likeness (QED) is 0.435. The molecule has 1 heterocycles. The number of amides is 1. The Bertz CT molecular complexity index is 1380. The molecular weight excluding hydrogens is 438 g/mol. The summed E-state index contributed by atoms with van der Waals surface area (Å²) in [5.41, 5.74) is 2.97. The minimum Gasteiger partial charge on any atom is -0.492 e. The molecule has 4 aromatic rings. The van der Waals surface area contributed by atoms with Crippen LogP contribution in [0.1, 0.15) is 17.4 Å². The molecular formula is C25H23N3O4S. The first-order valence-electron chi connectivity index (χ1n) is 10.4. The molecule has 3 aromatic carbocycles. The van der Waals surface area contributed by atoms with E-state index < -0.39 is 9.84 Å². The second kappa shape index (κ2) is 9.30. The van der Waals surface area contributed by atoms with Crippen molar-refractivity contribution >= 4 is 21.4 Å². The van der Waals surface area contributed by atoms with E-state index in [9.17, 15) is 13.2 Å². The molecule has 4 rings (SSSR count). The van der Waals surface area contributed by atoms with Crippen molar-refractivity contribution in [3.05, 3.63) is 90.6 Å². The maximum absolute atomic E-state index is 13.1. The smallest absolute Gasteiger partial charge is 0.276 e. The molecule has 0 bridgehead atoms. The van der Waals surface area contributed by atoms with Gasteiger partial charge in [-0.1, -0.05) is 42.5 Å². The van der Waals surface area contributed by atoms with Gasteiger partial charge in [0.05, 0.1) is 28.6 Å². The first kappa shape index (κ1) is 22.3. The van der Waals surface area contributed by atoms with Gasteiger partial charge in [-0.05, 0) is 49.4 Å². The van der Waals surface area contributed by atoms with Crippen molar-refractivity contribution in [3.8, 4) is 22.7 Å². The van der Waals surface area contributed by atoms with Crippen LogP contribution in [0.25, 0.3) is 16.9 Å². The predicted molar refractivity (Wildman–Crippen MR) is 128 cm³/mol. The molecule has 0 aliphatic heterocycles. The molecule has 0 unspecified atom stereocenters. The number of sulfone groups is 1. The van der Waals surface area contributed by atoms with Crippen LogP contribution in [0.5, 0.6) is 5.75 Å². The van der Waals surface area contributed by atoms with Crippen molar-refractivity contribution in [1.29, 1.82) is 0 Å². The van der Waals surface area contributed by atoms with E-state index >= 15 is 0 Å².